The molecule has 0 aromatic heterocycles. The van der Waals surface area contributed by atoms with Crippen LogP contribution in [0.2, 0.25) is 0 Å². The van der Waals surface area contributed by atoms with E-state index < -0.39 is 0 Å². The van der Waals surface area contributed by atoms with Crippen molar-refractivity contribution in [2.24, 2.45) is 0 Å². The van der Waals surface area contributed by atoms with Crippen molar-refractivity contribution < 1.29 is 4.74 Å². The molecule has 76 valence electrons. The molecule has 2 aliphatic rings. The second-order valence-electron chi connectivity index (χ2n) is 4.16. The molecule has 0 saturated carbocycles. The summed E-state index contributed by atoms with van der Waals surface area (Å²) in [5.41, 5.74) is 0. The lowest BCUT2D eigenvalue weighted by atomic mass is 10.00. The maximum Gasteiger partial charge on any atom is 0.0742 e. The highest BCUT2D eigenvalue weighted by molar-refractivity contribution is 4.85. The van der Waals surface area contributed by atoms with Crippen LogP contribution in [0.4, 0.5) is 0 Å². The third kappa shape index (κ3) is 2.22. The van der Waals surface area contributed by atoms with Crippen LogP contribution in [0.3, 0.4) is 0 Å². The van der Waals surface area contributed by atoms with Crippen molar-refractivity contribution in [1.29, 1.82) is 0 Å². The van der Waals surface area contributed by atoms with Gasteiger partial charge < -0.3 is 10.1 Å². The van der Waals surface area contributed by atoms with Crippen molar-refractivity contribution in [3.63, 3.8) is 0 Å². The van der Waals surface area contributed by atoms with E-state index in [1.54, 1.807) is 0 Å². The normalized spacial score (nSPS) is 37.6. The van der Waals surface area contributed by atoms with Gasteiger partial charge in [-0.15, -0.1) is 0 Å². The minimum Gasteiger partial charge on any atom is -0.377 e. The van der Waals surface area contributed by atoms with Gasteiger partial charge in [0.05, 0.1) is 6.10 Å². The highest BCUT2D eigenvalue weighted by Crippen LogP contribution is 2.19. The SMILES string of the molecule is CN1CCNCC1C1CCCCO1. The smallest absolute Gasteiger partial charge is 0.0742 e. The molecule has 0 spiro atoms. The van der Waals surface area contributed by atoms with Gasteiger partial charge in [0, 0.05) is 32.3 Å². The first-order valence-electron chi connectivity index (χ1n) is 5.40. The largest absolute Gasteiger partial charge is 0.377 e. The van der Waals surface area contributed by atoms with E-state index in [1.807, 2.05) is 0 Å². The van der Waals surface area contributed by atoms with E-state index in [-0.39, 0.29) is 0 Å². The lowest BCUT2D eigenvalue weighted by Gasteiger charge is -2.39. The van der Waals surface area contributed by atoms with Crippen molar-refractivity contribution in [3.8, 4) is 0 Å². The summed E-state index contributed by atoms with van der Waals surface area (Å²) >= 11 is 0. The second-order valence-corrected chi connectivity index (χ2v) is 4.16. The Bertz CT molecular complexity index is 157. The van der Waals surface area contributed by atoms with Crippen LogP contribution in [0.25, 0.3) is 0 Å². The molecule has 2 fully saturated rings. The minimum absolute atomic E-state index is 0.478. The first kappa shape index (κ1) is 9.44. The molecular weight excluding hydrogens is 164 g/mol. The highest BCUT2D eigenvalue weighted by atomic mass is 16.5. The van der Waals surface area contributed by atoms with Crippen LogP contribution in [0.5, 0.6) is 0 Å². The average molecular weight is 184 g/mol. The molecule has 3 nitrogen and oxygen atoms in total. The fourth-order valence-corrected chi connectivity index (χ4v) is 2.31. The lowest BCUT2D eigenvalue weighted by Crippen LogP contribution is -2.55. The summed E-state index contributed by atoms with van der Waals surface area (Å²) in [6.45, 7) is 4.35. The molecule has 0 aliphatic carbocycles. The summed E-state index contributed by atoms with van der Waals surface area (Å²) in [5.74, 6) is 0. The molecule has 0 aromatic rings. The Morgan fingerprint density at radius 3 is 3.00 bits per heavy atom. The van der Waals surface area contributed by atoms with Gasteiger partial charge in [-0.3, -0.25) is 4.90 Å². The van der Waals surface area contributed by atoms with Crippen LogP contribution in [-0.4, -0.2) is 50.3 Å². The molecule has 13 heavy (non-hydrogen) atoms. The maximum absolute atomic E-state index is 5.81. The summed E-state index contributed by atoms with van der Waals surface area (Å²) in [5, 5.41) is 3.44. The van der Waals surface area contributed by atoms with Crippen molar-refractivity contribution in [2.45, 2.75) is 31.4 Å². The van der Waals surface area contributed by atoms with E-state index in [9.17, 15) is 0 Å². The predicted octanol–water partition coefficient (Wildman–Crippen LogP) is 0.459. The van der Waals surface area contributed by atoms with Crippen LogP contribution >= 0.6 is 0 Å². The molecule has 0 bridgehead atoms. The van der Waals surface area contributed by atoms with Gasteiger partial charge in [-0.25, -0.2) is 0 Å². The summed E-state index contributed by atoms with van der Waals surface area (Å²) in [6.07, 6.45) is 4.32. The molecule has 0 aromatic carbocycles. The molecule has 0 amide bonds. The van der Waals surface area contributed by atoms with Gasteiger partial charge in [-0.2, -0.15) is 0 Å². The number of rotatable bonds is 1. The summed E-state index contributed by atoms with van der Waals surface area (Å²) in [6, 6.07) is 0.606. The Kier molecular flexibility index (Phi) is 3.19. The first-order chi connectivity index (χ1) is 6.38. The van der Waals surface area contributed by atoms with Crippen molar-refractivity contribution in [1.82, 2.24) is 10.2 Å². The Balaban J connectivity index is 1.88. The van der Waals surface area contributed by atoms with E-state index in [2.05, 4.69) is 17.3 Å². The van der Waals surface area contributed by atoms with Crippen molar-refractivity contribution >= 4 is 0 Å². The fraction of sp³-hybridized carbons (Fsp3) is 1.00. The summed E-state index contributed by atoms with van der Waals surface area (Å²) in [7, 11) is 2.21. The van der Waals surface area contributed by atoms with Crippen LogP contribution in [0, 0.1) is 0 Å². The standard InChI is InChI=1S/C10H20N2O/c1-12-6-5-11-8-9(12)10-4-2-3-7-13-10/h9-11H,2-8H2,1H3. The zero-order valence-electron chi connectivity index (χ0n) is 8.46. The molecule has 2 rings (SSSR count). The molecule has 1 N–H and O–H groups in total. The molecule has 2 aliphatic heterocycles. The van der Waals surface area contributed by atoms with Gasteiger partial charge in [-0.05, 0) is 26.3 Å². The van der Waals surface area contributed by atoms with Crippen LogP contribution < -0.4 is 5.32 Å². The highest BCUT2D eigenvalue weighted by Gasteiger charge is 2.29. The zero-order chi connectivity index (χ0) is 9.10. The van der Waals surface area contributed by atoms with Crippen molar-refractivity contribution in [2.75, 3.05) is 33.3 Å². The third-order valence-electron chi connectivity index (χ3n) is 3.20. The first-order valence-corrected chi connectivity index (χ1v) is 5.40. The van der Waals surface area contributed by atoms with Gasteiger partial charge in [-0.1, -0.05) is 0 Å². The zero-order valence-corrected chi connectivity index (χ0v) is 8.46. The summed E-state index contributed by atoms with van der Waals surface area (Å²) < 4.78 is 5.81. The van der Waals surface area contributed by atoms with E-state index in [0.29, 0.717) is 12.1 Å². The van der Waals surface area contributed by atoms with Gasteiger partial charge in [0.15, 0.2) is 0 Å². The third-order valence-corrected chi connectivity index (χ3v) is 3.20. The molecule has 0 radical (unpaired) electrons. The van der Waals surface area contributed by atoms with Crippen molar-refractivity contribution in [3.05, 3.63) is 0 Å². The van der Waals surface area contributed by atoms with E-state index in [0.717, 1.165) is 26.2 Å². The number of nitrogens with zero attached hydrogens (tertiary/aromatic N) is 1. The van der Waals surface area contributed by atoms with Crippen LogP contribution in [0.1, 0.15) is 19.3 Å². The minimum atomic E-state index is 0.478. The fourth-order valence-electron chi connectivity index (χ4n) is 2.31. The van der Waals surface area contributed by atoms with Gasteiger partial charge in [0.25, 0.3) is 0 Å². The van der Waals surface area contributed by atoms with Gasteiger partial charge >= 0.3 is 0 Å². The van der Waals surface area contributed by atoms with Gasteiger partial charge in [0.1, 0.15) is 0 Å². The lowest BCUT2D eigenvalue weighted by molar-refractivity contribution is -0.0414. The number of nitrogens with one attached hydrogen (secondary N) is 1. The number of hydrogen-bond donors (Lipinski definition) is 1. The maximum atomic E-state index is 5.81. The Hall–Kier alpha value is -0.120. The number of ether oxygens (including phenoxy) is 1. The molecule has 2 saturated heterocycles. The van der Waals surface area contributed by atoms with E-state index >= 15 is 0 Å². The van der Waals surface area contributed by atoms with Gasteiger partial charge in [0.2, 0.25) is 0 Å². The predicted molar refractivity (Wildman–Crippen MR) is 52.9 cm³/mol. The number of hydrogen-bond acceptors (Lipinski definition) is 3. The second kappa shape index (κ2) is 4.40. The topological polar surface area (TPSA) is 24.5 Å². The number of piperazine rings is 1. The molecule has 2 atom stereocenters. The molecule has 2 heterocycles. The summed E-state index contributed by atoms with van der Waals surface area (Å²) in [4.78, 5) is 2.44. The molecule has 3 heteroatoms. The van der Waals surface area contributed by atoms with E-state index in [1.165, 1.54) is 19.3 Å². The van der Waals surface area contributed by atoms with Crippen LogP contribution in [-0.2, 0) is 4.74 Å². The monoisotopic (exact) mass is 184 g/mol. The Labute approximate surface area is 80.4 Å². The quantitative estimate of drug-likeness (QED) is 0.641. The molecular formula is C10H20N2O. The average Bonchev–Trinajstić information content (AvgIpc) is 2.20. The van der Waals surface area contributed by atoms with E-state index in [4.69, 9.17) is 4.74 Å². The molecule has 2 unspecified atom stereocenters. The Morgan fingerprint density at radius 1 is 1.38 bits per heavy atom. The number of likely N-dealkylation sites (N-methyl/N-ethyl adjacent to an activating group) is 1. The van der Waals surface area contributed by atoms with Crippen LogP contribution in [0.15, 0.2) is 0 Å². The Morgan fingerprint density at radius 2 is 2.31 bits per heavy atom.